The van der Waals surface area contributed by atoms with Crippen LogP contribution in [-0.4, -0.2) is 33.4 Å². The summed E-state index contributed by atoms with van der Waals surface area (Å²) in [5, 5.41) is 2.84. The molecule has 0 atom stereocenters. The predicted octanol–water partition coefficient (Wildman–Crippen LogP) is 3.56. The highest BCUT2D eigenvalue weighted by Crippen LogP contribution is 2.33. The van der Waals surface area contributed by atoms with E-state index in [1.54, 1.807) is 18.2 Å². The Morgan fingerprint density at radius 2 is 2.00 bits per heavy atom. The number of hydrogen-bond donors (Lipinski definition) is 1. The summed E-state index contributed by atoms with van der Waals surface area (Å²) in [5.41, 5.74) is 3.11. The molecule has 4 rings (SSSR count). The molecule has 1 amide bonds. The first-order valence-electron chi connectivity index (χ1n) is 9.98. The van der Waals surface area contributed by atoms with E-state index in [9.17, 15) is 13.2 Å². The fourth-order valence-electron chi connectivity index (χ4n) is 3.67. The number of rotatable bonds is 6. The molecule has 2 aromatic carbocycles. The van der Waals surface area contributed by atoms with E-state index in [0.717, 1.165) is 24.0 Å². The van der Waals surface area contributed by atoms with Crippen molar-refractivity contribution in [2.24, 2.45) is 0 Å². The van der Waals surface area contributed by atoms with Gasteiger partial charge in [0.15, 0.2) is 11.5 Å². The van der Waals surface area contributed by atoms with E-state index in [0.29, 0.717) is 35.8 Å². The van der Waals surface area contributed by atoms with Crippen molar-refractivity contribution in [2.75, 3.05) is 28.7 Å². The molecule has 0 spiro atoms. The molecule has 0 unspecified atom stereocenters. The molecule has 0 radical (unpaired) electrons. The van der Waals surface area contributed by atoms with Crippen molar-refractivity contribution in [3.05, 3.63) is 53.6 Å². The van der Waals surface area contributed by atoms with Crippen LogP contribution in [0.25, 0.3) is 6.08 Å². The number of fused-ring (bicyclic) bond motifs is 2. The largest absolute Gasteiger partial charge is 0.454 e. The monoisotopic (exact) mass is 428 g/mol. The van der Waals surface area contributed by atoms with Crippen molar-refractivity contribution in [3.8, 4) is 11.5 Å². The third-order valence-corrected chi connectivity index (χ3v) is 7.02. The number of ether oxygens (including phenoxy) is 2. The van der Waals surface area contributed by atoms with Crippen molar-refractivity contribution < 1.29 is 22.7 Å². The Labute approximate surface area is 176 Å². The average Bonchev–Trinajstić information content (AvgIpc) is 3.19. The highest BCUT2D eigenvalue weighted by molar-refractivity contribution is 7.92. The fraction of sp³-hybridized carbons (Fsp3) is 0.318. The van der Waals surface area contributed by atoms with Crippen LogP contribution in [0.1, 0.15) is 30.9 Å². The minimum atomic E-state index is -3.31. The van der Waals surface area contributed by atoms with Crippen LogP contribution >= 0.6 is 0 Å². The van der Waals surface area contributed by atoms with Crippen LogP contribution in [0.5, 0.6) is 11.5 Å². The maximum atomic E-state index is 12.5. The Bertz CT molecular complexity index is 1090. The summed E-state index contributed by atoms with van der Waals surface area (Å²) >= 11 is 0. The van der Waals surface area contributed by atoms with Gasteiger partial charge in [0.05, 0.1) is 11.4 Å². The second-order valence-corrected chi connectivity index (χ2v) is 9.28. The zero-order chi connectivity index (χ0) is 21.1. The number of hydrogen-bond acceptors (Lipinski definition) is 5. The smallest absolute Gasteiger partial charge is 0.248 e. The molecule has 158 valence electrons. The lowest BCUT2D eigenvalue weighted by Gasteiger charge is -2.30. The van der Waals surface area contributed by atoms with Gasteiger partial charge in [0.1, 0.15) is 0 Å². The summed E-state index contributed by atoms with van der Waals surface area (Å²) in [6.45, 7) is 2.57. The van der Waals surface area contributed by atoms with Crippen molar-refractivity contribution in [1.29, 1.82) is 0 Å². The van der Waals surface area contributed by atoms with Crippen molar-refractivity contribution >= 4 is 33.4 Å². The van der Waals surface area contributed by atoms with E-state index in [2.05, 4.69) is 5.32 Å². The second kappa shape index (κ2) is 8.39. The normalized spacial score (nSPS) is 15.3. The number of anilines is 2. The van der Waals surface area contributed by atoms with E-state index in [1.807, 2.05) is 31.2 Å². The van der Waals surface area contributed by atoms with Gasteiger partial charge < -0.3 is 14.8 Å². The number of sulfonamides is 1. The summed E-state index contributed by atoms with van der Waals surface area (Å²) in [7, 11) is -3.31. The molecule has 0 fully saturated rings. The highest BCUT2D eigenvalue weighted by atomic mass is 32.2. The molecule has 2 aliphatic rings. The first-order chi connectivity index (χ1) is 14.5. The van der Waals surface area contributed by atoms with Crippen molar-refractivity contribution in [2.45, 2.75) is 26.2 Å². The van der Waals surface area contributed by atoms with Gasteiger partial charge in [0, 0.05) is 18.3 Å². The fourth-order valence-corrected chi connectivity index (χ4v) is 5.29. The quantitative estimate of drug-likeness (QED) is 0.711. The topological polar surface area (TPSA) is 84.9 Å². The molecule has 8 heteroatoms. The molecule has 0 saturated heterocycles. The van der Waals surface area contributed by atoms with Gasteiger partial charge >= 0.3 is 0 Å². The van der Waals surface area contributed by atoms with E-state index >= 15 is 0 Å². The van der Waals surface area contributed by atoms with Gasteiger partial charge in [0.2, 0.25) is 22.7 Å². The molecule has 0 saturated carbocycles. The molecule has 0 aromatic heterocycles. The number of carbonyl (C=O) groups excluding carboxylic acids is 1. The van der Waals surface area contributed by atoms with Crippen LogP contribution in [0.3, 0.4) is 0 Å². The van der Waals surface area contributed by atoms with Crippen LogP contribution in [-0.2, 0) is 21.2 Å². The summed E-state index contributed by atoms with van der Waals surface area (Å²) < 4.78 is 37.2. The minimum Gasteiger partial charge on any atom is -0.454 e. The third-order valence-electron chi connectivity index (χ3n) is 5.04. The Morgan fingerprint density at radius 1 is 1.17 bits per heavy atom. The molecule has 2 aliphatic heterocycles. The average molecular weight is 429 g/mol. The molecule has 2 heterocycles. The SMILES string of the molecule is CCCS(=O)(=O)N1CCCc2cc(NC(=O)/C=C/c3ccc4c(c3)OCO4)ccc21. The standard InChI is InChI=1S/C22H24N2O5S/c1-2-12-30(26,27)24-11-3-4-17-14-18(7-8-19(17)24)23-22(25)10-6-16-5-9-20-21(13-16)29-15-28-20/h5-10,13-14H,2-4,11-12,15H2,1H3,(H,23,25)/b10-6+. The lowest BCUT2D eigenvalue weighted by Crippen LogP contribution is -2.37. The third kappa shape index (κ3) is 4.28. The molecule has 0 aliphatic carbocycles. The van der Waals surface area contributed by atoms with Crippen molar-refractivity contribution in [1.82, 2.24) is 0 Å². The van der Waals surface area contributed by atoms with Crippen LogP contribution in [0.15, 0.2) is 42.5 Å². The van der Waals surface area contributed by atoms with Crippen molar-refractivity contribution in [3.63, 3.8) is 0 Å². The zero-order valence-electron chi connectivity index (χ0n) is 16.8. The Morgan fingerprint density at radius 3 is 2.83 bits per heavy atom. The number of amides is 1. The number of benzene rings is 2. The van der Waals surface area contributed by atoms with E-state index in [1.165, 1.54) is 10.4 Å². The molecular formula is C22H24N2O5S. The molecule has 2 aromatic rings. The number of nitrogens with one attached hydrogen (secondary N) is 1. The van der Waals surface area contributed by atoms with Crippen LogP contribution in [0.4, 0.5) is 11.4 Å². The Hall–Kier alpha value is -3.00. The van der Waals surface area contributed by atoms with Crippen LogP contribution in [0.2, 0.25) is 0 Å². The summed E-state index contributed by atoms with van der Waals surface area (Å²) in [6, 6.07) is 10.8. The van der Waals surface area contributed by atoms with E-state index in [-0.39, 0.29) is 18.5 Å². The Balaban J connectivity index is 1.46. The van der Waals surface area contributed by atoms with Gasteiger partial charge in [-0.15, -0.1) is 0 Å². The van der Waals surface area contributed by atoms with Gasteiger partial charge in [-0.3, -0.25) is 9.10 Å². The van der Waals surface area contributed by atoms with E-state index in [4.69, 9.17) is 9.47 Å². The molecule has 30 heavy (non-hydrogen) atoms. The molecule has 1 N–H and O–H groups in total. The molecule has 0 bridgehead atoms. The van der Waals surface area contributed by atoms with Gasteiger partial charge in [-0.25, -0.2) is 8.42 Å². The van der Waals surface area contributed by atoms with Crippen LogP contribution in [0, 0.1) is 0 Å². The first kappa shape index (κ1) is 20.3. The first-order valence-corrected chi connectivity index (χ1v) is 11.6. The van der Waals surface area contributed by atoms with Gasteiger partial charge in [-0.2, -0.15) is 0 Å². The zero-order valence-corrected chi connectivity index (χ0v) is 17.6. The summed E-state index contributed by atoms with van der Waals surface area (Å²) in [5.74, 6) is 1.23. The predicted molar refractivity (Wildman–Crippen MR) is 116 cm³/mol. The number of nitrogens with zero attached hydrogens (tertiary/aromatic N) is 1. The van der Waals surface area contributed by atoms with Gasteiger partial charge in [0.25, 0.3) is 0 Å². The van der Waals surface area contributed by atoms with Crippen LogP contribution < -0.4 is 19.1 Å². The van der Waals surface area contributed by atoms with Gasteiger partial charge in [-0.05, 0) is 66.8 Å². The Kier molecular flexibility index (Phi) is 5.67. The van der Waals surface area contributed by atoms with Gasteiger partial charge in [-0.1, -0.05) is 13.0 Å². The number of aryl methyl sites for hydroxylation is 1. The lowest BCUT2D eigenvalue weighted by molar-refractivity contribution is -0.111. The van der Waals surface area contributed by atoms with E-state index < -0.39 is 10.0 Å². The number of carbonyl (C=O) groups is 1. The summed E-state index contributed by atoms with van der Waals surface area (Å²) in [6.07, 6.45) is 5.28. The molecular weight excluding hydrogens is 404 g/mol. The molecule has 7 nitrogen and oxygen atoms in total. The minimum absolute atomic E-state index is 0.135. The second-order valence-electron chi connectivity index (χ2n) is 7.27. The highest BCUT2D eigenvalue weighted by Gasteiger charge is 2.26. The maximum absolute atomic E-state index is 12.5. The maximum Gasteiger partial charge on any atom is 0.248 e. The lowest BCUT2D eigenvalue weighted by atomic mass is 10.0. The summed E-state index contributed by atoms with van der Waals surface area (Å²) in [4.78, 5) is 12.3.